The average molecular weight is 301 g/mol. The van der Waals surface area contributed by atoms with Crippen molar-refractivity contribution in [3.8, 4) is 0 Å². The minimum absolute atomic E-state index is 0.00222. The quantitative estimate of drug-likeness (QED) is 0.782. The smallest absolute Gasteiger partial charge is 0.286 e. The third-order valence-electron chi connectivity index (χ3n) is 3.50. The number of rotatable bonds is 4. The fraction of sp³-hybridized carbons (Fsp3) is 0.267. The van der Waals surface area contributed by atoms with Crippen LogP contribution in [0.25, 0.3) is 0 Å². The number of carbonyl (C=O) groups is 1. The fourth-order valence-electron chi connectivity index (χ4n) is 2.43. The van der Waals surface area contributed by atoms with Gasteiger partial charge in [0.15, 0.2) is 0 Å². The number of primary amides is 1. The average Bonchev–Trinajstić information content (AvgIpc) is 2.52. The molecular formula is C15H16FN5O. The van der Waals surface area contributed by atoms with Crippen molar-refractivity contribution in [2.45, 2.75) is 19.5 Å². The van der Waals surface area contributed by atoms with Crippen LogP contribution in [-0.2, 0) is 19.5 Å². The number of nitrogens with two attached hydrogens (primary N) is 1. The van der Waals surface area contributed by atoms with Gasteiger partial charge in [0, 0.05) is 31.6 Å². The van der Waals surface area contributed by atoms with Gasteiger partial charge in [-0.25, -0.2) is 14.4 Å². The number of halogens is 1. The molecule has 0 saturated heterocycles. The molecule has 7 heteroatoms. The molecule has 0 atom stereocenters. The predicted octanol–water partition coefficient (Wildman–Crippen LogP) is 0.972. The number of hydrogen-bond acceptors (Lipinski definition) is 5. The van der Waals surface area contributed by atoms with Crippen LogP contribution < -0.4 is 16.4 Å². The second-order valence-corrected chi connectivity index (χ2v) is 5.10. The molecule has 22 heavy (non-hydrogen) atoms. The van der Waals surface area contributed by atoms with E-state index in [1.807, 2.05) is 6.07 Å². The van der Waals surface area contributed by atoms with E-state index in [2.05, 4.69) is 20.6 Å². The van der Waals surface area contributed by atoms with Gasteiger partial charge in [-0.1, -0.05) is 12.1 Å². The highest BCUT2D eigenvalue weighted by Gasteiger charge is 2.19. The van der Waals surface area contributed by atoms with Crippen LogP contribution >= 0.6 is 0 Å². The van der Waals surface area contributed by atoms with E-state index in [1.165, 1.54) is 12.1 Å². The topological polar surface area (TPSA) is 92.9 Å². The lowest BCUT2D eigenvalue weighted by molar-refractivity contribution is 0.0990. The number of anilines is 1. The molecule has 0 bridgehead atoms. The van der Waals surface area contributed by atoms with E-state index in [1.54, 1.807) is 6.07 Å². The number of amides is 1. The Kier molecular flexibility index (Phi) is 3.97. The summed E-state index contributed by atoms with van der Waals surface area (Å²) in [7, 11) is 0. The van der Waals surface area contributed by atoms with Crippen LogP contribution in [0, 0.1) is 5.82 Å². The van der Waals surface area contributed by atoms with Crippen molar-refractivity contribution < 1.29 is 9.18 Å². The summed E-state index contributed by atoms with van der Waals surface area (Å²) in [5.74, 6) is -0.378. The van der Waals surface area contributed by atoms with Crippen LogP contribution in [0.5, 0.6) is 0 Å². The van der Waals surface area contributed by atoms with Crippen LogP contribution in [-0.4, -0.2) is 22.4 Å². The normalized spacial score (nSPS) is 13.5. The maximum atomic E-state index is 13.2. The zero-order chi connectivity index (χ0) is 15.5. The van der Waals surface area contributed by atoms with Crippen LogP contribution in [0.2, 0.25) is 0 Å². The Hall–Kier alpha value is -2.54. The van der Waals surface area contributed by atoms with Gasteiger partial charge in [-0.2, -0.15) is 0 Å². The van der Waals surface area contributed by atoms with Gasteiger partial charge in [0.1, 0.15) is 11.6 Å². The Labute approximate surface area is 127 Å². The van der Waals surface area contributed by atoms with Crippen LogP contribution in [0.3, 0.4) is 0 Å². The molecule has 0 fully saturated rings. The van der Waals surface area contributed by atoms with Crippen molar-refractivity contribution in [3.05, 3.63) is 52.7 Å². The Morgan fingerprint density at radius 2 is 2.27 bits per heavy atom. The first-order valence-electron chi connectivity index (χ1n) is 7.02. The molecule has 1 aliphatic rings. The lowest BCUT2D eigenvalue weighted by Gasteiger charge is -2.20. The minimum atomic E-state index is -0.657. The van der Waals surface area contributed by atoms with Crippen molar-refractivity contribution in [1.82, 2.24) is 15.3 Å². The van der Waals surface area contributed by atoms with Gasteiger partial charge in [0.25, 0.3) is 5.91 Å². The predicted molar refractivity (Wildman–Crippen MR) is 79.7 cm³/mol. The first kappa shape index (κ1) is 14.4. The molecule has 0 unspecified atom stereocenters. The van der Waals surface area contributed by atoms with Crippen molar-refractivity contribution >= 4 is 11.7 Å². The third-order valence-corrected chi connectivity index (χ3v) is 3.50. The summed E-state index contributed by atoms with van der Waals surface area (Å²) in [6.07, 6.45) is 0.715. The molecule has 3 rings (SSSR count). The van der Waals surface area contributed by atoms with Crippen LogP contribution in [0.15, 0.2) is 24.3 Å². The molecule has 1 aliphatic heterocycles. The highest BCUT2D eigenvalue weighted by Crippen LogP contribution is 2.20. The zero-order valence-electron chi connectivity index (χ0n) is 11.9. The highest BCUT2D eigenvalue weighted by molar-refractivity contribution is 5.89. The molecule has 114 valence electrons. The summed E-state index contributed by atoms with van der Waals surface area (Å²) in [6.45, 7) is 1.82. The maximum absolute atomic E-state index is 13.2. The SMILES string of the molecule is NC(=O)c1nc2c(c(NCc3cccc(F)c3)n1)CNCC2. The molecule has 0 spiro atoms. The van der Waals surface area contributed by atoms with E-state index < -0.39 is 5.91 Å². The minimum Gasteiger partial charge on any atom is -0.366 e. The second-order valence-electron chi connectivity index (χ2n) is 5.10. The van der Waals surface area contributed by atoms with Gasteiger partial charge in [-0.3, -0.25) is 4.79 Å². The fourth-order valence-corrected chi connectivity index (χ4v) is 2.43. The third kappa shape index (κ3) is 3.04. The van der Waals surface area contributed by atoms with Gasteiger partial charge in [0.2, 0.25) is 5.82 Å². The number of benzene rings is 1. The van der Waals surface area contributed by atoms with Crippen molar-refractivity contribution in [1.29, 1.82) is 0 Å². The number of carbonyl (C=O) groups excluding carboxylic acids is 1. The molecule has 0 radical (unpaired) electrons. The van der Waals surface area contributed by atoms with E-state index in [-0.39, 0.29) is 11.6 Å². The Balaban J connectivity index is 1.88. The van der Waals surface area contributed by atoms with Crippen LogP contribution in [0.1, 0.15) is 27.4 Å². The van der Waals surface area contributed by atoms with E-state index in [9.17, 15) is 9.18 Å². The molecule has 2 heterocycles. The van der Waals surface area contributed by atoms with Crippen molar-refractivity contribution in [2.75, 3.05) is 11.9 Å². The Morgan fingerprint density at radius 3 is 3.05 bits per heavy atom. The summed E-state index contributed by atoms with van der Waals surface area (Å²) in [5.41, 5.74) is 7.82. The van der Waals surface area contributed by atoms with E-state index in [0.29, 0.717) is 25.3 Å². The van der Waals surface area contributed by atoms with Gasteiger partial charge in [-0.05, 0) is 17.7 Å². The molecule has 1 aromatic heterocycles. The monoisotopic (exact) mass is 301 g/mol. The molecule has 1 amide bonds. The maximum Gasteiger partial charge on any atom is 0.286 e. The lowest BCUT2D eigenvalue weighted by atomic mass is 10.1. The van der Waals surface area contributed by atoms with E-state index in [0.717, 1.165) is 23.4 Å². The largest absolute Gasteiger partial charge is 0.366 e. The standard InChI is InChI=1S/C15H16FN5O/c16-10-3-1-2-9(6-10)7-19-14-11-8-18-5-4-12(11)20-15(21-14)13(17)22/h1-3,6,18H,4-5,7-8H2,(H2,17,22)(H,19,20,21). The van der Waals surface area contributed by atoms with Gasteiger partial charge in [-0.15, -0.1) is 0 Å². The second kappa shape index (κ2) is 6.07. The van der Waals surface area contributed by atoms with E-state index in [4.69, 9.17) is 5.73 Å². The van der Waals surface area contributed by atoms with Gasteiger partial charge >= 0.3 is 0 Å². The summed E-state index contributed by atoms with van der Waals surface area (Å²) in [5, 5.41) is 6.39. The summed E-state index contributed by atoms with van der Waals surface area (Å²) in [4.78, 5) is 19.8. The number of hydrogen-bond donors (Lipinski definition) is 3. The number of nitrogens with one attached hydrogen (secondary N) is 2. The Morgan fingerprint density at radius 1 is 1.41 bits per heavy atom. The number of nitrogens with zero attached hydrogens (tertiary/aromatic N) is 2. The molecule has 2 aromatic rings. The van der Waals surface area contributed by atoms with Crippen LogP contribution in [0.4, 0.5) is 10.2 Å². The van der Waals surface area contributed by atoms with E-state index >= 15 is 0 Å². The van der Waals surface area contributed by atoms with Gasteiger partial charge in [0.05, 0.1) is 5.69 Å². The molecule has 0 saturated carbocycles. The molecule has 4 N–H and O–H groups in total. The number of aromatic nitrogens is 2. The molecule has 1 aromatic carbocycles. The summed E-state index contributed by atoms with van der Waals surface area (Å²) >= 11 is 0. The molecule has 0 aliphatic carbocycles. The van der Waals surface area contributed by atoms with Crippen molar-refractivity contribution in [3.63, 3.8) is 0 Å². The summed E-state index contributed by atoms with van der Waals surface area (Å²) in [6, 6.07) is 6.31. The highest BCUT2D eigenvalue weighted by atomic mass is 19.1. The summed E-state index contributed by atoms with van der Waals surface area (Å²) < 4.78 is 13.2. The molecular weight excluding hydrogens is 285 g/mol. The van der Waals surface area contributed by atoms with Gasteiger partial charge < -0.3 is 16.4 Å². The number of fused-ring (bicyclic) bond motifs is 1. The first-order valence-corrected chi connectivity index (χ1v) is 7.02. The molecule has 6 nitrogen and oxygen atoms in total. The lowest BCUT2D eigenvalue weighted by Crippen LogP contribution is -2.28. The Bertz CT molecular complexity index is 719. The van der Waals surface area contributed by atoms with Crippen molar-refractivity contribution in [2.24, 2.45) is 5.73 Å². The zero-order valence-corrected chi connectivity index (χ0v) is 11.9. The first-order chi connectivity index (χ1) is 10.6.